The number of nitrogens with zero attached hydrogens (tertiary/aromatic N) is 1. The molecule has 0 aliphatic heterocycles. The van der Waals surface area contributed by atoms with Crippen molar-refractivity contribution in [2.24, 2.45) is 0 Å². The number of aromatic hydroxyl groups is 2. The lowest BCUT2D eigenvalue weighted by Gasteiger charge is -2.14. The number of aryl methyl sites for hydroxylation is 1. The Bertz CT molecular complexity index is 1480. The summed E-state index contributed by atoms with van der Waals surface area (Å²) in [5.41, 5.74) is 0.739. The Labute approximate surface area is 183 Å². The smallest absolute Gasteiger partial charge is 0.273 e. The van der Waals surface area contributed by atoms with E-state index in [1.54, 1.807) is 18.2 Å². The van der Waals surface area contributed by atoms with Crippen LogP contribution in [0.5, 0.6) is 11.5 Å². The van der Waals surface area contributed by atoms with E-state index in [4.69, 9.17) is 0 Å². The summed E-state index contributed by atoms with van der Waals surface area (Å²) in [6.45, 7) is 1.52. The molecule has 0 atom stereocenters. The Morgan fingerprint density at radius 1 is 0.906 bits per heavy atom. The highest BCUT2D eigenvalue weighted by atomic mass is 32.2. The maximum absolute atomic E-state index is 12.9. The maximum atomic E-state index is 12.9. The lowest BCUT2D eigenvalue weighted by molar-refractivity contribution is -0.385. The van der Waals surface area contributed by atoms with Crippen LogP contribution >= 0.6 is 0 Å². The molecule has 3 N–H and O–H groups in total. The molecule has 0 bridgehead atoms. The first kappa shape index (κ1) is 21.1. The number of sulfonamides is 1. The minimum atomic E-state index is -4.15. The molecule has 0 aliphatic rings. The van der Waals surface area contributed by atoms with Gasteiger partial charge in [-0.15, -0.1) is 0 Å². The van der Waals surface area contributed by atoms with Crippen LogP contribution in [0.25, 0.3) is 21.9 Å². The number of benzene rings is 4. The largest absolute Gasteiger partial charge is 0.507 e. The third-order valence-corrected chi connectivity index (χ3v) is 6.49. The summed E-state index contributed by atoms with van der Waals surface area (Å²) < 4.78 is 28.1. The highest BCUT2D eigenvalue weighted by Crippen LogP contribution is 2.42. The highest BCUT2D eigenvalue weighted by molar-refractivity contribution is 7.92. The number of rotatable bonds is 5. The lowest BCUT2D eigenvalue weighted by Crippen LogP contribution is -2.13. The van der Waals surface area contributed by atoms with E-state index in [0.717, 1.165) is 11.5 Å². The molecule has 4 aromatic rings. The van der Waals surface area contributed by atoms with Gasteiger partial charge in [-0.3, -0.25) is 14.8 Å². The van der Waals surface area contributed by atoms with Gasteiger partial charge in [-0.25, -0.2) is 8.42 Å². The van der Waals surface area contributed by atoms with Crippen LogP contribution in [-0.4, -0.2) is 23.6 Å². The quantitative estimate of drug-likeness (QED) is 0.224. The van der Waals surface area contributed by atoms with Gasteiger partial charge in [0.15, 0.2) is 0 Å². The van der Waals surface area contributed by atoms with E-state index in [1.165, 1.54) is 43.3 Å². The minimum Gasteiger partial charge on any atom is -0.507 e. The van der Waals surface area contributed by atoms with Gasteiger partial charge in [0, 0.05) is 28.4 Å². The first-order valence-corrected chi connectivity index (χ1v) is 11.0. The summed E-state index contributed by atoms with van der Waals surface area (Å²) in [5.74, 6) is -0.223. The van der Waals surface area contributed by atoms with E-state index >= 15 is 0 Å². The van der Waals surface area contributed by atoms with Crippen LogP contribution in [0, 0.1) is 17.0 Å². The highest BCUT2D eigenvalue weighted by Gasteiger charge is 2.21. The Morgan fingerprint density at radius 2 is 1.62 bits per heavy atom. The molecular formula is C23H18N2O6S. The third kappa shape index (κ3) is 3.81. The summed E-state index contributed by atoms with van der Waals surface area (Å²) in [4.78, 5) is 10.3. The number of phenols is 2. The summed E-state index contributed by atoms with van der Waals surface area (Å²) in [5, 5.41) is 33.6. The van der Waals surface area contributed by atoms with Crippen molar-refractivity contribution in [1.29, 1.82) is 0 Å². The van der Waals surface area contributed by atoms with Crippen molar-refractivity contribution in [3.05, 3.63) is 88.5 Å². The van der Waals surface area contributed by atoms with Gasteiger partial charge in [-0.1, -0.05) is 36.4 Å². The van der Waals surface area contributed by atoms with E-state index in [-0.39, 0.29) is 33.3 Å². The van der Waals surface area contributed by atoms with Crippen molar-refractivity contribution in [2.75, 3.05) is 4.72 Å². The Hall–Kier alpha value is -4.11. The van der Waals surface area contributed by atoms with Crippen LogP contribution in [0.4, 0.5) is 11.4 Å². The van der Waals surface area contributed by atoms with E-state index in [2.05, 4.69) is 4.72 Å². The molecule has 0 fully saturated rings. The minimum absolute atomic E-state index is 0.0758. The van der Waals surface area contributed by atoms with Gasteiger partial charge in [0.05, 0.1) is 9.82 Å². The first-order chi connectivity index (χ1) is 15.2. The first-order valence-electron chi connectivity index (χ1n) is 9.49. The Morgan fingerprint density at radius 3 is 2.38 bits per heavy atom. The zero-order valence-corrected chi connectivity index (χ0v) is 17.6. The molecule has 162 valence electrons. The Kier molecular flexibility index (Phi) is 5.19. The predicted molar refractivity (Wildman–Crippen MR) is 121 cm³/mol. The van der Waals surface area contributed by atoms with Crippen LogP contribution < -0.4 is 4.72 Å². The average Bonchev–Trinajstić information content (AvgIpc) is 2.75. The molecule has 4 rings (SSSR count). The summed E-state index contributed by atoms with van der Waals surface area (Å²) >= 11 is 0. The van der Waals surface area contributed by atoms with Crippen molar-refractivity contribution < 1.29 is 23.6 Å². The number of fused-ring (bicyclic) bond motifs is 1. The predicted octanol–water partition coefficient (Wildman–Crippen LogP) is 4.94. The van der Waals surface area contributed by atoms with Gasteiger partial charge in [0.1, 0.15) is 11.5 Å². The summed E-state index contributed by atoms with van der Waals surface area (Å²) in [6, 6.07) is 18.2. The topological polar surface area (TPSA) is 130 Å². The van der Waals surface area contributed by atoms with Gasteiger partial charge in [0.2, 0.25) is 0 Å². The van der Waals surface area contributed by atoms with E-state index in [1.807, 2.05) is 12.1 Å². The SMILES string of the molecule is Cc1ccc(S(=O)(=O)Nc2ccc(O)c(-c3c(O)ccc4ccccc34)c2)cc1[N+](=O)[O-]. The van der Waals surface area contributed by atoms with Crippen LogP contribution in [0.15, 0.2) is 77.7 Å². The van der Waals surface area contributed by atoms with Crippen LogP contribution in [0.3, 0.4) is 0 Å². The number of phenolic OH excluding ortho intramolecular Hbond substituents is 2. The van der Waals surface area contributed by atoms with Crippen molar-refractivity contribution >= 4 is 32.2 Å². The van der Waals surface area contributed by atoms with Crippen molar-refractivity contribution in [3.8, 4) is 22.6 Å². The number of nitrogens with one attached hydrogen (secondary N) is 1. The van der Waals surface area contributed by atoms with E-state index in [0.29, 0.717) is 16.5 Å². The van der Waals surface area contributed by atoms with Crippen molar-refractivity contribution in [3.63, 3.8) is 0 Å². The van der Waals surface area contributed by atoms with Gasteiger partial charge in [0.25, 0.3) is 15.7 Å². The molecule has 0 saturated heterocycles. The molecule has 9 heteroatoms. The van der Waals surface area contributed by atoms with E-state index < -0.39 is 14.9 Å². The van der Waals surface area contributed by atoms with Gasteiger partial charge < -0.3 is 10.2 Å². The summed E-state index contributed by atoms with van der Waals surface area (Å²) in [7, 11) is -4.15. The number of nitro groups is 1. The fourth-order valence-corrected chi connectivity index (χ4v) is 4.58. The second kappa shape index (κ2) is 7.86. The summed E-state index contributed by atoms with van der Waals surface area (Å²) in [6.07, 6.45) is 0. The van der Waals surface area contributed by atoms with E-state index in [9.17, 15) is 28.7 Å². The fourth-order valence-electron chi connectivity index (χ4n) is 3.51. The lowest BCUT2D eigenvalue weighted by atomic mass is 9.96. The van der Waals surface area contributed by atoms with Gasteiger partial charge in [-0.05, 0) is 48.0 Å². The number of nitro benzene ring substituents is 1. The second-order valence-electron chi connectivity index (χ2n) is 7.22. The van der Waals surface area contributed by atoms with Gasteiger partial charge >= 0.3 is 0 Å². The fraction of sp³-hybridized carbons (Fsp3) is 0.0435. The average molecular weight is 450 g/mol. The monoisotopic (exact) mass is 450 g/mol. The molecule has 0 heterocycles. The normalized spacial score (nSPS) is 11.4. The zero-order valence-electron chi connectivity index (χ0n) is 16.8. The van der Waals surface area contributed by atoms with Crippen LogP contribution in [0.1, 0.15) is 5.56 Å². The molecule has 0 spiro atoms. The Balaban J connectivity index is 1.79. The van der Waals surface area contributed by atoms with Crippen molar-refractivity contribution in [1.82, 2.24) is 0 Å². The third-order valence-electron chi connectivity index (χ3n) is 5.11. The van der Waals surface area contributed by atoms with Crippen LogP contribution in [-0.2, 0) is 10.0 Å². The number of anilines is 1. The molecule has 4 aromatic carbocycles. The molecule has 32 heavy (non-hydrogen) atoms. The zero-order chi connectivity index (χ0) is 23.0. The standard InChI is InChI=1S/C23H18N2O6S/c1-14-6-9-17(13-20(14)25(28)29)32(30,31)24-16-8-11-21(26)19(12-16)23-18-5-3-2-4-15(18)7-10-22(23)27/h2-13,24,26-27H,1H3. The molecule has 0 aliphatic carbocycles. The molecule has 0 saturated carbocycles. The number of hydrogen-bond acceptors (Lipinski definition) is 6. The molecular weight excluding hydrogens is 432 g/mol. The van der Waals surface area contributed by atoms with Gasteiger partial charge in [-0.2, -0.15) is 0 Å². The maximum Gasteiger partial charge on any atom is 0.273 e. The molecule has 0 amide bonds. The molecule has 0 radical (unpaired) electrons. The molecule has 8 nitrogen and oxygen atoms in total. The second-order valence-corrected chi connectivity index (χ2v) is 8.91. The molecule has 0 unspecified atom stereocenters. The van der Waals surface area contributed by atoms with Crippen LogP contribution in [0.2, 0.25) is 0 Å². The number of hydrogen-bond donors (Lipinski definition) is 3. The van der Waals surface area contributed by atoms with Crippen molar-refractivity contribution in [2.45, 2.75) is 11.8 Å². The molecule has 0 aromatic heterocycles.